The second-order valence-electron chi connectivity index (χ2n) is 11.0. The van der Waals surface area contributed by atoms with Crippen molar-refractivity contribution in [3.8, 4) is 0 Å². The number of ether oxygens (including phenoxy) is 2. The van der Waals surface area contributed by atoms with E-state index in [1.807, 2.05) is 0 Å². The van der Waals surface area contributed by atoms with E-state index in [4.69, 9.17) is 19.1 Å². The number of fused-ring (bicyclic) bond motifs is 4. The largest absolute Gasteiger partial charge is 0.453 e. The fraction of sp³-hybridized carbons (Fsp3) is 0.750. The maximum Gasteiger partial charge on any atom is 0.331 e. The van der Waals surface area contributed by atoms with Gasteiger partial charge in [-0.2, -0.15) is 0 Å². The maximum absolute atomic E-state index is 12.9. The van der Waals surface area contributed by atoms with Crippen LogP contribution in [0.3, 0.4) is 0 Å². The van der Waals surface area contributed by atoms with Crippen molar-refractivity contribution in [1.29, 1.82) is 0 Å². The van der Waals surface area contributed by atoms with Crippen molar-refractivity contribution in [2.45, 2.75) is 60.9 Å². The Morgan fingerprint density at radius 3 is 1.39 bits per heavy atom. The van der Waals surface area contributed by atoms with Gasteiger partial charge in [-0.05, 0) is 0 Å². The average Bonchev–Trinajstić information content (AvgIpc) is 3.28. The third-order valence-corrected chi connectivity index (χ3v) is 9.09. The molecule has 0 radical (unpaired) electrons. The van der Waals surface area contributed by atoms with E-state index in [1.54, 1.807) is 14.1 Å². The Balaban J connectivity index is 1.16. The SMILES string of the molecule is CN1OC2(CC1=O)CN1CCC2(OC(=O)/C=C/C(=O)OC23CCN(CC2)CC32CC(=O)N(C)O2)CC1. The summed E-state index contributed by atoms with van der Waals surface area (Å²) in [4.78, 5) is 66.8. The van der Waals surface area contributed by atoms with E-state index in [-0.39, 0.29) is 24.7 Å². The summed E-state index contributed by atoms with van der Waals surface area (Å²) in [7, 11) is 3.14. The molecule has 12 nitrogen and oxygen atoms in total. The summed E-state index contributed by atoms with van der Waals surface area (Å²) in [5.74, 6) is -1.65. The number of hydrogen-bond acceptors (Lipinski definition) is 10. The van der Waals surface area contributed by atoms with Gasteiger partial charge in [0, 0.05) is 91.2 Å². The van der Waals surface area contributed by atoms with Gasteiger partial charge in [-0.15, -0.1) is 0 Å². The van der Waals surface area contributed by atoms with Gasteiger partial charge in [-0.1, -0.05) is 0 Å². The minimum atomic E-state index is -0.935. The third kappa shape index (κ3) is 3.41. The summed E-state index contributed by atoms with van der Waals surface area (Å²) in [6.45, 7) is 4.01. The molecule has 8 rings (SSSR count). The van der Waals surface area contributed by atoms with Gasteiger partial charge in [0.25, 0.3) is 0 Å². The summed E-state index contributed by atoms with van der Waals surface area (Å²) in [6.07, 6.45) is 4.68. The van der Waals surface area contributed by atoms with Crippen LogP contribution in [0.4, 0.5) is 0 Å². The van der Waals surface area contributed by atoms with E-state index in [2.05, 4.69) is 9.80 Å². The van der Waals surface area contributed by atoms with Crippen molar-refractivity contribution < 1.29 is 38.3 Å². The lowest BCUT2D eigenvalue weighted by Gasteiger charge is -2.56. The van der Waals surface area contributed by atoms with Crippen LogP contribution in [0.1, 0.15) is 38.5 Å². The summed E-state index contributed by atoms with van der Waals surface area (Å²) in [6, 6.07) is 0. The van der Waals surface area contributed by atoms with Crippen LogP contribution < -0.4 is 0 Å². The molecule has 4 bridgehead atoms. The van der Waals surface area contributed by atoms with E-state index in [0.717, 1.165) is 38.3 Å². The lowest BCUT2D eigenvalue weighted by molar-refractivity contribution is -0.290. The lowest BCUT2D eigenvalue weighted by atomic mass is 9.69. The van der Waals surface area contributed by atoms with E-state index in [1.165, 1.54) is 10.1 Å². The number of amides is 2. The first kappa shape index (κ1) is 23.8. The van der Waals surface area contributed by atoms with Gasteiger partial charge in [0.2, 0.25) is 11.8 Å². The first-order chi connectivity index (χ1) is 17.1. The Bertz CT molecular complexity index is 951. The van der Waals surface area contributed by atoms with Gasteiger partial charge in [-0.3, -0.25) is 29.1 Å². The summed E-state index contributed by atoms with van der Waals surface area (Å²) >= 11 is 0. The lowest BCUT2D eigenvalue weighted by Crippen LogP contribution is -2.71. The molecule has 12 heteroatoms. The van der Waals surface area contributed by atoms with Crippen molar-refractivity contribution >= 4 is 23.8 Å². The van der Waals surface area contributed by atoms with Crippen LogP contribution >= 0.6 is 0 Å². The number of carbonyl (C=O) groups is 4. The molecule has 8 aliphatic rings. The van der Waals surface area contributed by atoms with Crippen LogP contribution in [0.2, 0.25) is 0 Å². The molecule has 0 aromatic carbocycles. The fourth-order valence-electron chi connectivity index (χ4n) is 7.11. The highest BCUT2D eigenvalue weighted by Crippen LogP contribution is 2.51. The highest BCUT2D eigenvalue weighted by Gasteiger charge is 2.67. The molecule has 2 spiro atoms. The monoisotopic (exact) mass is 504 g/mol. The molecular weight excluding hydrogens is 472 g/mol. The molecule has 8 fully saturated rings. The van der Waals surface area contributed by atoms with Crippen LogP contribution in [0, 0.1) is 0 Å². The molecule has 8 heterocycles. The molecule has 0 saturated carbocycles. The number of nitrogens with zero attached hydrogens (tertiary/aromatic N) is 4. The van der Waals surface area contributed by atoms with Gasteiger partial charge < -0.3 is 9.47 Å². The quantitative estimate of drug-likeness (QED) is 0.362. The van der Waals surface area contributed by atoms with Crippen molar-refractivity contribution in [3.05, 3.63) is 12.2 Å². The predicted molar refractivity (Wildman–Crippen MR) is 121 cm³/mol. The first-order valence-corrected chi connectivity index (χ1v) is 12.6. The number of esters is 2. The average molecular weight is 505 g/mol. The first-order valence-electron chi connectivity index (χ1n) is 12.6. The molecule has 2 amide bonds. The maximum atomic E-state index is 12.9. The van der Waals surface area contributed by atoms with Gasteiger partial charge in [-0.25, -0.2) is 19.7 Å². The van der Waals surface area contributed by atoms with Crippen LogP contribution in [0.25, 0.3) is 0 Å². The van der Waals surface area contributed by atoms with Gasteiger partial charge >= 0.3 is 11.9 Å². The number of hydrogen-bond donors (Lipinski definition) is 0. The highest BCUT2D eigenvalue weighted by atomic mass is 16.7. The second-order valence-corrected chi connectivity index (χ2v) is 11.0. The number of rotatable bonds is 4. The molecule has 2 unspecified atom stereocenters. The molecule has 36 heavy (non-hydrogen) atoms. The zero-order valence-corrected chi connectivity index (χ0v) is 20.7. The van der Waals surface area contributed by atoms with E-state index in [0.29, 0.717) is 38.8 Å². The molecule has 0 aromatic rings. The predicted octanol–water partition coefficient (Wildman–Crippen LogP) is -0.610. The second kappa shape index (κ2) is 7.98. The number of piperidine rings is 6. The standard InChI is InChI=1S/C24H32N4O8/c1-25-17(29)13-23(35-25)15-27-9-5-21(23,6-10-27)33-19(31)3-4-20(32)34-22-7-11-28(12-8-22)16-24(22)14-18(30)26(2)36-24/h3-4H,5-16H2,1-2H3/b4-3+. The zero-order valence-electron chi connectivity index (χ0n) is 20.7. The molecular formula is C24H32N4O8. The van der Waals surface area contributed by atoms with Gasteiger partial charge in [0.15, 0.2) is 11.2 Å². The fourth-order valence-corrected chi connectivity index (χ4v) is 7.11. The van der Waals surface area contributed by atoms with E-state index >= 15 is 0 Å². The van der Waals surface area contributed by atoms with Crippen molar-refractivity contribution in [2.24, 2.45) is 0 Å². The summed E-state index contributed by atoms with van der Waals surface area (Å²) in [5, 5.41) is 2.45. The van der Waals surface area contributed by atoms with Crippen LogP contribution in [0.15, 0.2) is 12.2 Å². The molecule has 8 aliphatic heterocycles. The minimum absolute atomic E-state index is 0.147. The molecule has 0 N–H and O–H groups in total. The smallest absolute Gasteiger partial charge is 0.331 e. The van der Waals surface area contributed by atoms with Crippen LogP contribution in [0.5, 0.6) is 0 Å². The number of hydroxylamine groups is 4. The molecule has 2 atom stereocenters. The Kier molecular flexibility index (Phi) is 5.28. The van der Waals surface area contributed by atoms with Gasteiger partial charge in [0.1, 0.15) is 11.2 Å². The summed E-state index contributed by atoms with van der Waals surface area (Å²) < 4.78 is 11.9. The summed E-state index contributed by atoms with van der Waals surface area (Å²) in [5.41, 5.74) is -3.71. The van der Waals surface area contributed by atoms with E-state index < -0.39 is 34.3 Å². The van der Waals surface area contributed by atoms with E-state index in [9.17, 15) is 19.2 Å². The zero-order chi connectivity index (χ0) is 25.3. The van der Waals surface area contributed by atoms with Crippen molar-refractivity contribution in [2.75, 3.05) is 53.4 Å². The normalized spacial score (nSPS) is 43.4. The number of carbonyl (C=O) groups excluding carboxylic acids is 4. The Hall–Kier alpha value is -2.54. The van der Waals surface area contributed by atoms with Crippen molar-refractivity contribution in [3.63, 3.8) is 0 Å². The van der Waals surface area contributed by atoms with Gasteiger partial charge in [0.05, 0.1) is 12.8 Å². The van der Waals surface area contributed by atoms with Crippen LogP contribution in [-0.4, -0.2) is 119 Å². The molecule has 0 aliphatic carbocycles. The third-order valence-electron chi connectivity index (χ3n) is 9.09. The topological polar surface area (TPSA) is 118 Å². The Labute approximate surface area is 208 Å². The molecule has 0 aromatic heterocycles. The minimum Gasteiger partial charge on any atom is -0.453 e. The van der Waals surface area contributed by atoms with Crippen LogP contribution in [-0.2, 0) is 38.3 Å². The highest BCUT2D eigenvalue weighted by molar-refractivity contribution is 5.92. The Morgan fingerprint density at radius 2 is 1.08 bits per heavy atom. The Morgan fingerprint density at radius 1 is 0.722 bits per heavy atom. The van der Waals surface area contributed by atoms with Crippen molar-refractivity contribution in [1.82, 2.24) is 19.9 Å². The molecule has 196 valence electrons. The molecule has 8 saturated heterocycles.